The fourth-order valence-electron chi connectivity index (χ4n) is 1.80. The zero-order chi connectivity index (χ0) is 13.1. The van der Waals surface area contributed by atoms with Crippen LogP contribution in [0.2, 0.25) is 0 Å². The molecule has 17 heavy (non-hydrogen) atoms. The van der Waals surface area contributed by atoms with E-state index in [9.17, 15) is 13.2 Å². The molecule has 6 nitrogen and oxygen atoms in total. The summed E-state index contributed by atoms with van der Waals surface area (Å²) in [6, 6.07) is -0.429. The van der Waals surface area contributed by atoms with E-state index in [-0.39, 0.29) is 6.42 Å². The van der Waals surface area contributed by atoms with Crippen LogP contribution in [0.3, 0.4) is 0 Å². The zero-order valence-corrected chi connectivity index (χ0v) is 10.8. The van der Waals surface area contributed by atoms with Crippen LogP contribution in [0, 0.1) is 5.92 Å². The van der Waals surface area contributed by atoms with Gasteiger partial charge >= 0.3 is 5.97 Å². The van der Waals surface area contributed by atoms with E-state index in [0.717, 1.165) is 0 Å². The summed E-state index contributed by atoms with van der Waals surface area (Å²) in [5.74, 6) is -1.52. The largest absolute Gasteiger partial charge is 0.481 e. The standard InChI is InChI=1S/C10H18N2O4S/c1-3-12(4-2)17(15,16)11-9-6-5-8(7-9)10(13)14/h5-6,8-9,11H,3-4,7H2,1-2H3,(H,13,14). The zero-order valence-electron chi connectivity index (χ0n) is 9.96. The molecule has 7 heteroatoms. The maximum absolute atomic E-state index is 11.9. The number of hydrogen-bond acceptors (Lipinski definition) is 3. The van der Waals surface area contributed by atoms with E-state index in [4.69, 9.17) is 5.11 Å². The molecule has 0 saturated carbocycles. The summed E-state index contributed by atoms with van der Waals surface area (Å²) in [5, 5.41) is 8.79. The highest BCUT2D eigenvalue weighted by atomic mass is 32.2. The number of aliphatic carboxylic acids is 1. The first-order valence-electron chi connectivity index (χ1n) is 5.59. The lowest BCUT2D eigenvalue weighted by Crippen LogP contribution is -2.44. The van der Waals surface area contributed by atoms with Crippen molar-refractivity contribution in [1.29, 1.82) is 0 Å². The van der Waals surface area contributed by atoms with E-state index in [0.29, 0.717) is 13.1 Å². The van der Waals surface area contributed by atoms with Crippen molar-refractivity contribution in [3.63, 3.8) is 0 Å². The highest BCUT2D eigenvalue weighted by molar-refractivity contribution is 7.87. The number of carboxylic acid groups (broad SMARTS) is 1. The topological polar surface area (TPSA) is 86.7 Å². The Kier molecular flexibility index (Phi) is 4.67. The Morgan fingerprint density at radius 1 is 1.41 bits per heavy atom. The van der Waals surface area contributed by atoms with Crippen LogP contribution < -0.4 is 4.72 Å². The minimum absolute atomic E-state index is 0.274. The molecular weight excluding hydrogens is 244 g/mol. The third-order valence-corrected chi connectivity index (χ3v) is 4.54. The average molecular weight is 262 g/mol. The fraction of sp³-hybridized carbons (Fsp3) is 0.700. The van der Waals surface area contributed by atoms with Crippen LogP contribution in [0.4, 0.5) is 0 Å². The lowest BCUT2D eigenvalue weighted by Gasteiger charge is -2.21. The molecule has 0 spiro atoms. The summed E-state index contributed by atoms with van der Waals surface area (Å²) < 4.78 is 27.5. The normalized spacial score (nSPS) is 24.4. The smallest absolute Gasteiger partial charge is 0.310 e. The van der Waals surface area contributed by atoms with E-state index in [1.165, 1.54) is 10.4 Å². The van der Waals surface area contributed by atoms with Gasteiger partial charge in [-0.2, -0.15) is 17.4 Å². The number of nitrogens with one attached hydrogen (secondary N) is 1. The number of carboxylic acids is 1. The molecule has 98 valence electrons. The van der Waals surface area contributed by atoms with Crippen LogP contribution in [-0.2, 0) is 15.0 Å². The molecule has 0 aromatic carbocycles. The molecule has 0 amide bonds. The molecule has 1 rings (SSSR count). The number of hydrogen-bond donors (Lipinski definition) is 2. The van der Waals surface area contributed by atoms with Crippen LogP contribution in [-0.4, -0.2) is 42.9 Å². The van der Waals surface area contributed by atoms with Crippen molar-refractivity contribution in [2.45, 2.75) is 26.3 Å². The Labute approximate surface area is 101 Å². The molecule has 0 aromatic rings. The Morgan fingerprint density at radius 2 is 2.00 bits per heavy atom. The van der Waals surface area contributed by atoms with E-state index in [1.807, 2.05) is 0 Å². The monoisotopic (exact) mass is 262 g/mol. The second-order valence-corrected chi connectivity index (χ2v) is 5.58. The van der Waals surface area contributed by atoms with Gasteiger partial charge in [0.05, 0.1) is 5.92 Å². The number of nitrogens with zero attached hydrogens (tertiary/aromatic N) is 1. The fourth-order valence-corrected chi connectivity index (χ4v) is 3.19. The van der Waals surface area contributed by atoms with Crippen molar-refractivity contribution < 1.29 is 18.3 Å². The lowest BCUT2D eigenvalue weighted by atomic mass is 10.1. The van der Waals surface area contributed by atoms with Crippen molar-refractivity contribution in [1.82, 2.24) is 9.03 Å². The summed E-state index contributed by atoms with van der Waals surface area (Å²) in [6.45, 7) is 4.30. The van der Waals surface area contributed by atoms with Gasteiger partial charge in [-0.1, -0.05) is 26.0 Å². The number of rotatable bonds is 6. The van der Waals surface area contributed by atoms with Crippen LogP contribution in [0.5, 0.6) is 0 Å². The van der Waals surface area contributed by atoms with Gasteiger partial charge in [0.2, 0.25) is 0 Å². The van der Waals surface area contributed by atoms with Crippen molar-refractivity contribution in [3.8, 4) is 0 Å². The SMILES string of the molecule is CCN(CC)S(=O)(=O)NC1C=CC(C(=O)O)C1. The van der Waals surface area contributed by atoms with Crippen LogP contribution in [0.25, 0.3) is 0 Å². The predicted molar refractivity (Wildman–Crippen MR) is 63.6 cm³/mol. The van der Waals surface area contributed by atoms with Gasteiger partial charge in [-0.15, -0.1) is 0 Å². The third-order valence-electron chi connectivity index (χ3n) is 2.75. The molecule has 0 bridgehead atoms. The second-order valence-electron chi connectivity index (χ2n) is 3.88. The summed E-state index contributed by atoms with van der Waals surface area (Å²) in [6.07, 6.45) is 3.40. The predicted octanol–water partition coefficient (Wildman–Crippen LogP) is 0.192. The Morgan fingerprint density at radius 3 is 2.41 bits per heavy atom. The summed E-state index contributed by atoms with van der Waals surface area (Å²) in [7, 11) is -3.52. The van der Waals surface area contributed by atoms with Gasteiger partial charge in [0.1, 0.15) is 0 Å². The van der Waals surface area contributed by atoms with Crippen molar-refractivity contribution >= 4 is 16.2 Å². The molecule has 1 aliphatic rings. The Bertz CT molecular complexity index is 401. The van der Waals surface area contributed by atoms with Crippen molar-refractivity contribution in [2.75, 3.05) is 13.1 Å². The highest BCUT2D eigenvalue weighted by Gasteiger charge is 2.29. The lowest BCUT2D eigenvalue weighted by molar-refractivity contribution is -0.140. The minimum atomic E-state index is -3.52. The van der Waals surface area contributed by atoms with E-state index < -0.39 is 28.1 Å². The first-order valence-corrected chi connectivity index (χ1v) is 7.03. The maximum atomic E-state index is 11.9. The molecule has 0 heterocycles. The summed E-state index contributed by atoms with van der Waals surface area (Å²) in [5.41, 5.74) is 0. The van der Waals surface area contributed by atoms with Gasteiger partial charge in [-0.05, 0) is 6.42 Å². The van der Waals surface area contributed by atoms with Crippen molar-refractivity contribution in [2.24, 2.45) is 5.92 Å². The summed E-state index contributed by atoms with van der Waals surface area (Å²) in [4.78, 5) is 10.7. The quantitative estimate of drug-likeness (QED) is 0.669. The van der Waals surface area contributed by atoms with Gasteiger partial charge in [-0.25, -0.2) is 0 Å². The second kappa shape index (κ2) is 5.61. The molecule has 0 fully saturated rings. The van der Waals surface area contributed by atoms with E-state index in [2.05, 4.69) is 4.72 Å². The van der Waals surface area contributed by atoms with Gasteiger partial charge in [-0.3, -0.25) is 4.79 Å². The first-order chi connectivity index (χ1) is 7.90. The molecule has 1 aliphatic carbocycles. The molecule has 2 unspecified atom stereocenters. The van der Waals surface area contributed by atoms with Crippen LogP contribution in [0.1, 0.15) is 20.3 Å². The highest BCUT2D eigenvalue weighted by Crippen LogP contribution is 2.19. The molecule has 0 aliphatic heterocycles. The first kappa shape index (κ1) is 14.1. The van der Waals surface area contributed by atoms with Gasteiger partial charge in [0.25, 0.3) is 10.2 Å². The molecule has 0 radical (unpaired) electrons. The molecule has 0 aromatic heterocycles. The molecule has 2 N–H and O–H groups in total. The summed E-state index contributed by atoms with van der Waals surface area (Å²) >= 11 is 0. The average Bonchev–Trinajstić information content (AvgIpc) is 2.66. The minimum Gasteiger partial charge on any atom is -0.481 e. The van der Waals surface area contributed by atoms with E-state index in [1.54, 1.807) is 19.9 Å². The Hall–Kier alpha value is -0.920. The van der Waals surface area contributed by atoms with Crippen LogP contribution >= 0.6 is 0 Å². The van der Waals surface area contributed by atoms with E-state index >= 15 is 0 Å². The van der Waals surface area contributed by atoms with Gasteiger partial charge in [0, 0.05) is 19.1 Å². The number of carbonyl (C=O) groups is 1. The van der Waals surface area contributed by atoms with Gasteiger partial charge in [0.15, 0.2) is 0 Å². The van der Waals surface area contributed by atoms with Gasteiger partial charge < -0.3 is 5.11 Å². The maximum Gasteiger partial charge on any atom is 0.310 e. The van der Waals surface area contributed by atoms with Crippen LogP contribution in [0.15, 0.2) is 12.2 Å². The molecule has 2 atom stereocenters. The van der Waals surface area contributed by atoms with Crippen molar-refractivity contribution in [3.05, 3.63) is 12.2 Å². The Balaban J connectivity index is 2.62. The third kappa shape index (κ3) is 3.52. The molecular formula is C10H18N2O4S. The molecule has 0 saturated heterocycles.